The smallest absolute Gasteiger partial charge is 0.390 e. The number of carbonyl (C=O) groups is 3. The lowest BCUT2D eigenvalue weighted by atomic mass is 9.93. The van der Waals surface area contributed by atoms with Gasteiger partial charge in [0.05, 0.1) is 12.5 Å². The molecule has 0 aliphatic carbocycles. The minimum Gasteiger partial charge on any atom is -0.508 e. The molecule has 0 aromatic heterocycles. The van der Waals surface area contributed by atoms with Gasteiger partial charge in [0.15, 0.2) is 6.10 Å². The van der Waals surface area contributed by atoms with Crippen molar-refractivity contribution in [2.24, 2.45) is 0 Å². The highest BCUT2D eigenvalue weighted by atomic mass is 32.1. The maximum absolute atomic E-state index is 13.0. The number of alkyl halides is 3. The first-order chi connectivity index (χ1) is 17.2. The first kappa shape index (κ1) is 28.3. The number of likely N-dealkylation sites (tertiary alicyclic amines) is 1. The van der Waals surface area contributed by atoms with Crippen LogP contribution in [-0.2, 0) is 16.0 Å². The summed E-state index contributed by atoms with van der Waals surface area (Å²) in [7, 11) is 0. The summed E-state index contributed by atoms with van der Waals surface area (Å²) in [5.41, 5.74) is 1.15. The Kier molecular flexibility index (Phi) is 8.43. The predicted octanol–water partition coefficient (Wildman–Crippen LogP) is 2.33. The number of rotatable bonds is 9. The first-order valence-electron chi connectivity index (χ1n) is 11.4. The molecule has 1 aliphatic rings. The van der Waals surface area contributed by atoms with Gasteiger partial charge in [-0.15, -0.1) is 12.6 Å². The van der Waals surface area contributed by atoms with Crippen LogP contribution in [0.25, 0.3) is 0 Å². The number of phenols is 1. The molecule has 0 spiro atoms. The third-order valence-electron chi connectivity index (χ3n) is 6.33. The minimum atomic E-state index is -4.47. The third kappa shape index (κ3) is 6.55. The number of hydrogen-bond donors (Lipinski definition) is 5. The molecule has 1 aliphatic heterocycles. The number of thiol groups is 1. The lowest BCUT2D eigenvalue weighted by molar-refractivity contribution is -0.166. The number of halogens is 3. The summed E-state index contributed by atoms with van der Waals surface area (Å²) in [6, 6.07) is 10.7. The van der Waals surface area contributed by atoms with Gasteiger partial charge in [0, 0.05) is 17.7 Å². The van der Waals surface area contributed by atoms with E-state index in [-0.39, 0.29) is 17.7 Å². The van der Waals surface area contributed by atoms with E-state index in [0.717, 1.165) is 4.90 Å². The number of carbonyl (C=O) groups excluding carboxylic acids is 3. The number of aromatic hydroxyl groups is 1. The van der Waals surface area contributed by atoms with E-state index in [4.69, 9.17) is 0 Å². The van der Waals surface area contributed by atoms with Crippen LogP contribution in [0.15, 0.2) is 48.5 Å². The fourth-order valence-corrected chi connectivity index (χ4v) is 4.49. The summed E-state index contributed by atoms with van der Waals surface area (Å²) in [4.78, 5) is 37.8. The summed E-state index contributed by atoms with van der Waals surface area (Å²) in [5, 5.41) is 25.8. The molecule has 1 unspecified atom stereocenters. The second-order valence-corrected chi connectivity index (χ2v) is 9.96. The molecule has 4 atom stereocenters. The summed E-state index contributed by atoms with van der Waals surface area (Å²) in [6.07, 6.45) is -7.46. The number of hydrogen-bond acceptors (Lipinski definition) is 6. The highest BCUT2D eigenvalue weighted by Gasteiger charge is 2.56. The van der Waals surface area contributed by atoms with Crippen LogP contribution in [-0.4, -0.2) is 68.6 Å². The standard InChI is InChI=1S/C25H28F3N3O5S/c1-14-16(9-6-10-18(14)32)21(34)29-17(13-15-7-4-3-5-8-15)19(33)22(35)30-20-23(36)31(24(20,2)37)12-11-25(26,27)28/h3-10,17,19-20,32-33,37H,11-13H2,1-2H3,(H,29,34)(H,30,35)/t17-,19-,20+,24?/m0/s1. The molecule has 0 saturated carbocycles. The molecule has 1 heterocycles. The van der Waals surface area contributed by atoms with Crippen molar-refractivity contribution < 1.29 is 37.8 Å². The Morgan fingerprint density at radius 2 is 1.81 bits per heavy atom. The fourth-order valence-electron chi connectivity index (χ4n) is 4.11. The van der Waals surface area contributed by atoms with Crippen LogP contribution in [0, 0.1) is 6.92 Å². The van der Waals surface area contributed by atoms with Gasteiger partial charge < -0.3 is 25.7 Å². The van der Waals surface area contributed by atoms with Gasteiger partial charge in [-0.3, -0.25) is 14.4 Å². The molecule has 200 valence electrons. The van der Waals surface area contributed by atoms with E-state index in [2.05, 4.69) is 23.3 Å². The van der Waals surface area contributed by atoms with Crippen molar-refractivity contribution in [3.8, 4) is 5.75 Å². The second kappa shape index (κ2) is 11.0. The monoisotopic (exact) mass is 539 g/mol. The number of amides is 3. The van der Waals surface area contributed by atoms with Crippen LogP contribution in [0.2, 0.25) is 0 Å². The molecule has 0 radical (unpaired) electrons. The summed E-state index contributed by atoms with van der Waals surface area (Å²) >= 11 is 4.27. The highest BCUT2D eigenvalue weighted by Crippen LogP contribution is 2.37. The zero-order valence-electron chi connectivity index (χ0n) is 20.1. The average molecular weight is 540 g/mol. The van der Waals surface area contributed by atoms with E-state index >= 15 is 0 Å². The van der Waals surface area contributed by atoms with Crippen LogP contribution in [0.1, 0.15) is 34.8 Å². The Morgan fingerprint density at radius 3 is 2.41 bits per heavy atom. The highest BCUT2D eigenvalue weighted by molar-refractivity contribution is 7.82. The maximum Gasteiger partial charge on any atom is 0.390 e. The molecule has 1 saturated heterocycles. The number of nitrogens with zero attached hydrogens (tertiary/aromatic N) is 1. The van der Waals surface area contributed by atoms with Crippen LogP contribution in [0.4, 0.5) is 13.2 Å². The van der Waals surface area contributed by atoms with Crippen LogP contribution >= 0.6 is 12.6 Å². The van der Waals surface area contributed by atoms with E-state index in [1.54, 1.807) is 37.3 Å². The van der Waals surface area contributed by atoms with Gasteiger partial charge in [0.25, 0.3) is 11.8 Å². The van der Waals surface area contributed by atoms with Crippen LogP contribution in [0.5, 0.6) is 5.75 Å². The largest absolute Gasteiger partial charge is 0.508 e. The SMILES string of the molecule is Cc1c(O)cccc1C(=O)N[C@@H](Cc1ccccc1)[C@H](O)C(=O)N[C@@H]1C(=O)N(CCC(F)(F)F)C1(C)S. The summed E-state index contributed by atoms with van der Waals surface area (Å²) in [6.45, 7) is 2.31. The molecule has 2 aromatic rings. The Bertz CT molecular complexity index is 1160. The van der Waals surface area contributed by atoms with Gasteiger partial charge in [0.1, 0.15) is 16.7 Å². The van der Waals surface area contributed by atoms with Crippen LogP contribution in [0.3, 0.4) is 0 Å². The average Bonchev–Trinajstić information content (AvgIpc) is 2.82. The van der Waals surface area contributed by atoms with Gasteiger partial charge in [0.2, 0.25) is 5.91 Å². The van der Waals surface area contributed by atoms with Gasteiger partial charge in [-0.25, -0.2) is 0 Å². The number of β-lactam (4-membered cyclic amide) rings is 1. The fraction of sp³-hybridized carbons (Fsp3) is 0.400. The lowest BCUT2D eigenvalue weighted by Crippen LogP contribution is -2.76. The van der Waals surface area contributed by atoms with E-state index in [1.807, 2.05) is 0 Å². The predicted molar refractivity (Wildman–Crippen MR) is 132 cm³/mol. The van der Waals surface area contributed by atoms with Crippen molar-refractivity contribution in [3.63, 3.8) is 0 Å². The zero-order valence-corrected chi connectivity index (χ0v) is 21.0. The third-order valence-corrected chi connectivity index (χ3v) is 6.83. The quantitative estimate of drug-likeness (QED) is 0.248. The first-order valence-corrected chi connectivity index (χ1v) is 11.9. The maximum atomic E-state index is 13.0. The molecule has 3 amide bonds. The normalized spacial score (nSPS) is 21.1. The topological polar surface area (TPSA) is 119 Å². The summed E-state index contributed by atoms with van der Waals surface area (Å²) < 4.78 is 37.8. The van der Waals surface area contributed by atoms with Gasteiger partial charge in [-0.1, -0.05) is 36.4 Å². The van der Waals surface area contributed by atoms with Gasteiger partial charge in [-0.05, 0) is 38.0 Å². The number of aliphatic hydroxyl groups is 1. The number of nitrogens with one attached hydrogen (secondary N) is 2. The number of aliphatic hydroxyl groups excluding tert-OH is 1. The molecular weight excluding hydrogens is 511 g/mol. The van der Waals surface area contributed by atoms with Crippen molar-refractivity contribution in [3.05, 3.63) is 65.2 Å². The molecular formula is C25H28F3N3O5S. The summed E-state index contributed by atoms with van der Waals surface area (Å²) in [5.74, 6) is -2.50. The Hall–Kier alpha value is -3.25. The van der Waals surface area contributed by atoms with Crippen molar-refractivity contribution in [2.45, 2.75) is 55.9 Å². The molecule has 12 heteroatoms. The second-order valence-electron chi connectivity index (χ2n) is 9.05. The van der Waals surface area contributed by atoms with Crippen molar-refractivity contribution in [1.29, 1.82) is 0 Å². The molecule has 8 nitrogen and oxygen atoms in total. The van der Waals surface area contributed by atoms with Gasteiger partial charge in [-0.2, -0.15) is 13.2 Å². The van der Waals surface area contributed by atoms with Crippen molar-refractivity contribution in [1.82, 2.24) is 15.5 Å². The number of benzene rings is 2. The molecule has 4 N–H and O–H groups in total. The molecule has 2 aromatic carbocycles. The molecule has 1 fully saturated rings. The van der Waals surface area contributed by atoms with Crippen molar-refractivity contribution >= 4 is 30.4 Å². The van der Waals surface area contributed by atoms with E-state index in [0.29, 0.717) is 11.1 Å². The minimum absolute atomic E-state index is 0.0491. The van der Waals surface area contributed by atoms with Gasteiger partial charge >= 0.3 is 6.18 Å². The van der Waals surface area contributed by atoms with Crippen molar-refractivity contribution in [2.75, 3.05) is 6.54 Å². The Balaban J connectivity index is 1.75. The molecule has 0 bridgehead atoms. The van der Waals surface area contributed by atoms with Crippen LogP contribution < -0.4 is 10.6 Å². The molecule has 37 heavy (non-hydrogen) atoms. The number of phenolic OH excluding ortho intramolecular Hbond substituents is 1. The van der Waals surface area contributed by atoms with E-state index in [1.165, 1.54) is 25.1 Å². The molecule has 3 rings (SSSR count). The lowest BCUT2D eigenvalue weighted by Gasteiger charge is -2.53. The van der Waals surface area contributed by atoms with E-state index < -0.39 is 59.9 Å². The Morgan fingerprint density at radius 1 is 1.16 bits per heavy atom. The zero-order chi connectivity index (χ0) is 27.5. The van der Waals surface area contributed by atoms with E-state index in [9.17, 15) is 37.8 Å². The Labute approximate surface area is 217 Å².